The number of benzene rings is 1. The first kappa shape index (κ1) is 31.9. The van der Waals surface area contributed by atoms with Crippen molar-refractivity contribution in [2.75, 3.05) is 26.4 Å². The first-order valence-corrected chi connectivity index (χ1v) is 14.4. The number of hydrogen-bond acceptors (Lipinski definition) is 4. The van der Waals surface area contributed by atoms with Crippen LogP contribution in [0.4, 0.5) is 0 Å². The van der Waals surface area contributed by atoms with Crippen molar-refractivity contribution in [2.24, 2.45) is 0 Å². The zero-order valence-corrected chi connectivity index (χ0v) is 22.6. The molecule has 4 nitrogen and oxygen atoms in total. The molecular weight excluding hydrogens is 448 g/mol. The predicted octanol–water partition coefficient (Wildman–Crippen LogP) is 7.41. The van der Waals surface area contributed by atoms with Crippen LogP contribution in [0.2, 0.25) is 0 Å². The zero-order chi connectivity index (χ0) is 26.1. The van der Waals surface area contributed by atoms with Crippen LogP contribution in [0.3, 0.4) is 0 Å². The first-order chi connectivity index (χ1) is 17.8. The SMILES string of the molecule is C#Cc1cc(OCCCCCCCCCCCO)c(OCCCCCCCCCCCO)cc1C#C. The van der Waals surface area contributed by atoms with E-state index in [2.05, 4.69) is 11.8 Å². The summed E-state index contributed by atoms with van der Waals surface area (Å²) in [7, 11) is 0. The number of ether oxygens (including phenoxy) is 2. The van der Waals surface area contributed by atoms with Crippen molar-refractivity contribution in [3.63, 3.8) is 0 Å². The zero-order valence-electron chi connectivity index (χ0n) is 22.6. The lowest BCUT2D eigenvalue weighted by Crippen LogP contribution is -2.04. The first-order valence-electron chi connectivity index (χ1n) is 14.4. The molecule has 1 rings (SSSR count). The second kappa shape index (κ2) is 23.3. The monoisotopic (exact) mass is 498 g/mol. The maximum Gasteiger partial charge on any atom is 0.162 e. The minimum absolute atomic E-state index is 0.314. The fourth-order valence-corrected chi connectivity index (χ4v) is 4.29. The van der Waals surface area contributed by atoms with Crippen LogP contribution in [0.1, 0.15) is 127 Å². The Morgan fingerprint density at radius 2 is 0.750 bits per heavy atom. The second-order valence-corrected chi connectivity index (χ2v) is 9.64. The Labute approximate surface area is 221 Å². The van der Waals surface area contributed by atoms with Gasteiger partial charge in [-0.05, 0) is 25.7 Å². The molecule has 0 spiro atoms. The molecule has 1 aromatic carbocycles. The Bertz CT molecular complexity index is 681. The van der Waals surface area contributed by atoms with E-state index in [0.717, 1.165) is 51.4 Å². The van der Waals surface area contributed by atoms with Crippen LogP contribution in [0.5, 0.6) is 11.5 Å². The quantitative estimate of drug-likeness (QED) is 0.115. The Morgan fingerprint density at radius 3 is 1.03 bits per heavy atom. The molecule has 0 aliphatic carbocycles. The van der Waals surface area contributed by atoms with Crippen molar-refractivity contribution in [3.8, 4) is 36.2 Å². The van der Waals surface area contributed by atoms with E-state index in [1.807, 2.05) is 12.1 Å². The fourth-order valence-electron chi connectivity index (χ4n) is 4.29. The number of hydrogen-bond donors (Lipinski definition) is 2. The van der Waals surface area contributed by atoms with Crippen molar-refractivity contribution in [1.82, 2.24) is 0 Å². The molecule has 4 heteroatoms. The van der Waals surface area contributed by atoms with E-state index in [9.17, 15) is 0 Å². The van der Waals surface area contributed by atoms with E-state index >= 15 is 0 Å². The largest absolute Gasteiger partial charge is 0.490 e. The third-order valence-corrected chi connectivity index (χ3v) is 6.51. The van der Waals surface area contributed by atoms with Crippen LogP contribution in [-0.4, -0.2) is 36.6 Å². The van der Waals surface area contributed by atoms with Gasteiger partial charge in [0.25, 0.3) is 0 Å². The number of unbranched alkanes of at least 4 members (excludes halogenated alkanes) is 16. The van der Waals surface area contributed by atoms with Crippen molar-refractivity contribution in [2.45, 2.75) is 116 Å². The van der Waals surface area contributed by atoms with E-state index < -0.39 is 0 Å². The molecule has 2 N–H and O–H groups in total. The third-order valence-electron chi connectivity index (χ3n) is 6.51. The highest BCUT2D eigenvalue weighted by atomic mass is 16.5. The molecule has 0 heterocycles. The van der Waals surface area contributed by atoms with E-state index in [1.54, 1.807) is 0 Å². The van der Waals surface area contributed by atoms with Gasteiger partial charge < -0.3 is 19.7 Å². The van der Waals surface area contributed by atoms with Crippen molar-refractivity contribution in [3.05, 3.63) is 23.3 Å². The van der Waals surface area contributed by atoms with Gasteiger partial charge in [0, 0.05) is 36.5 Å². The van der Waals surface area contributed by atoms with Crippen LogP contribution >= 0.6 is 0 Å². The number of terminal acetylenes is 2. The smallest absolute Gasteiger partial charge is 0.162 e. The Balaban J connectivity index is 2.31. The summed E-state index contributed by atoms with van der Waals surface area (Å²) in [5.74, 6) is 6.71. The molecule has 0 aliphatic rings. The molecule has 36 heavy (non-hydrogen) atoms. The number of aliphatic hydroxyl groups excluding tert-OH is 2. The summed E-state index contributed by atoms with van der Waals surface area (Å²) < 4.78 is 12.1. The van der Waals surface area contributed by atoms with Crippen molar-refractivity contribution < 1.29 is 19.7 Å². The van der Waals surface area contributed by atoms with Crippen LogP contribution in [0.15, 0.2) is 12.1 Å². The van der Waals surface area contributed by atoms with Gasteiger partial charge in [0.1, 0.15) is 0 Å². The second-order valence-electron chi connectivity index (χ2n) is 9.64. The normalized spacial score (nSPS) is 10.7. The standard InChI is InChI=1S/C32H50O4/c1-3-29-27-31(35-25-21-17-13-9-5-7-11-15-19-23-33)32(28-30(29)4-2)36-26-22-18-14-10-6-8-12-16-20-24-34/h1-2,27-28,33-34H,5-26H2. The minimum atomic E-state index is 0.314. The molecule has 0 aromatic heterocycles. The van der Waals surface area contributed by atoms with Crippen LogP contribution in [-0.2, 0) is 0 Å². The molecule has 0 amide bonds. The summed E-state index contributed by atoms with van der Waals surface area (Å²) in [5, 5.41) is 17.6. The molecular formula is C32H50O4. The summed E-state index contributed by atoms with van der Waals surface area (Å²) in [4.78, 5) is 0. The van der Waals surface area contributed by atoms with E-state index in [-0.39, 0.29) is 0 Å². The van der Waals surface area contributed by atoms with Crippen molar-refractivity contribution >= 4 is 0 Å². The summed E-state index contributed by atoms with van der Waals surface area (Å²) in [6.07, 6.45) is 32.2. The average molecular weight is 499 g/mol. The lowest BCUT2D eigenvalue weighted by molar-refractivity contribution is 0.258. The molecule has 0 saturated carbocycles. The van der Waals surface area contributed by atoms with Gasteiger partial charge in [0.2, 0.25) is 0 Å². The average Bonchev–Trinajstić information content (AvgIpc) is 2.90. The topological polar surface area (TPSA) is 58.9 Å². The number of aliphatic hydroxyl groups is 2. The Kier molecular flexibility index (Phi) is 20.6. The molecule has 0 atom stereocenters. The highest BCUT2D eigenvalue weighted by Gasteiger charge is 2.11. The van der Waals surface area contributed by atoms with Gasteiger partial charge in [-0.2, -0.15) is 0 Å². The van der Waals surface area contributed by atoms with Gasteiger partial charge in [0.15, 0.2) is 11.5 Å². The van der Waals surface area contributed by atoms with Gasteiger partial charge in [-0.15, -0.1) is 12.8 Å². The highest BCUT2D eigenvalue weighted by Crippen LogP contribution is 2.31. The lowest BCUT2D eigenvalue weighted by Gasteiger charge is -2.15. The highest BCUT2D eigenvalue weighted by molar-refractivity contribution is 5.57. The predicted molar refractivity (Wildman–Crippen MR) is 151 cm³/mol. The van der Waals surface area contributed by atoms with Gasteiger partial charge in [-0.1, -0.05) is 102 Å². The van der Waals surface area contributed by atoms with E-state index in [4.69, 9.17) is 32.5 Å². The maximum atomic E-state index is 8.82. The fraction of sp³-hybridized carbons (Fsp3) is 0.688. The molecule has 0 aliphatic heterocycles. The number of rotatable bonds is 24. The van der Waals surface area contributed by atoms with Crippen LogP contribution < -0.4 is 9.47 Å². The summed E-state index contributed by atoms with van der Waals surface area (Å²) in [6.45, 7) is 1.92. The summed E-state index contributed by atoms with van der Waals surface area (Å²) >= 11 is 0. The maximum absolute atomic E-state index is 8.82. The van der Waals surface area contributed by atoms with E-state index in [0.29, 0.717) is 49.1 Å². The molecule has 0 radical (unpaired) electrons. The minimum Gasteiger partial charge on any atom is -0.490 e. The van der Waals surface area contributed by atoms with Gasteiger partial charge >= 0.3 is 0 Å². The molecule has 1 aromatic rings. The van der Waals surface area contributed by atoms with Crippen molar-refractivity contribution in [1.29, 1.82) is 0 Å². The third kappa shape index (κ3) is 15.8. The van der Waals surface area contributed by atoms with Gasteiger partial charge in [-0.25, -0.2) is 0 Å². The summed E-state index contributed by atoms with van der Waals surface area (Å²) in [5.41, 5.74) is 1.33. The van der Waals surface area contributed by atoms with Crippen LogP contribution in [0, 0.1) is 24.7 Å². The van der Waals surface area contributed by atoms with Crippen LogP contribution in [0.25, 0.3) is 0 Å². The van der Waals surface area contributed by atoms with Gasteiger partial charge in [-0.3, -0.25) is 0 Å². The Morgan fingerprint density at radius 1 is 0.472 bits per heavy atom. The van der Waals surface area contributed by atoms with Gasteiger partial charge in [0.05, 0.1) is 13.2 Å². The summed E-state index contributed by atoms with van der Waals surface area (Å²) in [6, 6.07) is 3.68. The molecule has 0 bridgehead atoms. The molecule has 0 unspecified atom stereocenters. The lowest BCUT2D eigenvalue weighted by atomic mass is 10.1. The molecule has 0 saturated heterocycles. The molecule has 0 fully saturated rings. The van der Waals surface area contributed by atoms with E-state index in [1.165, 1.54) is 64.2 Å². The Hall–Kier alpha value is -2.14. The molecule has 202 valence electrons.